The van der Waals surface area contributed by atoms with Crippen molar-refractivity contribution in [3.05, 3.63) is 113 Å². The Balaban J connectivity index is 1.60. The summed E-state index contributed by atoms with van der Waals surface area (Å²) < 4.78 is 3.27. The van der Waals surface area contributed by atoms with Crippen LogP contribution in [0.3, 0.4) is 0 Å². The summed E-state index contributed by atoms with van der Waals surface area (Å²) in [4.78, 5) is 11.4. The second-order valence-electron chi connectivity index (χ2n) is 7.36. The van der Waals surface area contributed by atoms with Gasteiger partial charge in [-0.2, -0.15) is 0 Å². The second-order valence-corrected chi connectivity index (χ2v) is 8.66. The Kier molecular flexibility index (Phi) is 5.53. The van der Waals surface area contributed by atoms with Crippen molar-refractivity contribution in [1.29, 1.82) is 0 Å². The van der Waals surface area contributed by atoms with Gasteiger partial charge in [-0.15, -0.1) is 0 Å². The third kappa shape index (κ3) is 3.98. The van der Waals surface area contributed by atoms with Crippen LogP contribution in [-0.4, -0.2) is 24.5 Å². The van der Waals surface area contributed by atoms with Gasteiger partial charge in [0, 0.05) is 34.4 Å². The lowest BCUT2D eigenvalue weighted by Gasteiger charge is -2.28. The highest BCUT2D eigenvalue weighted by atomic mass is 79.9. The average Bonchev–Trinajstić information content (AvgIpc) is 3.40. The standard InChI is InChI=1S/C24H20BrN5S/c25-17-9-11-19(12-10-17)29-15-5-8-21(29)23-22(20-7-2-4-14-27-20)28-24(31)30(23)16-18-6-1-3-13-26-18/h1-15,22-23H,16H2,(H,28,31)/t22-,23-/m1/s1. The lowest BCUT2D eigenvalue weighted by Crippen LogP contribution is -2.30. The van der Waals surface area contributed by atoms with Gasteiger partial charge in [-0.1, -0.05) is 28.1 Å². The third-order valence-electron chi connectivity index (χ3n) is 5.44. The maximum atomic E-state index is 5.79. The fourth-order valence-electron chi connectivity index (χ4n) is 4.04. The zero-order valence-corrected chi connectivity index (χ0v) is 19.0. The van der Waals surface area contributed by atoms with Gasteiger partial charge in [-0.3, -0.25) is 9.97 Å². The topological polar surface area (TPSA) is 46.0 Å². The molecule has 1 fully saturated rings. The molecule has 1 aromatic carbocycles. The molecule has 2 atom stereocenters. The van der Waals surface area contributed by atoms with Crippen molar-refractivity contribution in [2.45, 2.75) is 18.6 Å². The van der Waals surface area contributed by atoms with Crippen molar-refractivity contribution in [3.63, 3.8) is 0 Å². The van der Waals surface area contributed by atoms with E-state index >= 15 is 0 Å². The van der Waals surface area contributed by atoms with Crippen molar-refractivity contribution in [1.82, 2.24) is 24.8 Å². The smallest absolute Gasteiger partial charge is 0.170 e. The normalized spacial score (nSPS) is 18.2. The number of pyridine rings is 2. The summed E-state index contributed by atoms with van der Waals surface area (Å²) in [6, 6.07) is 24.4. The molecule has 4 heterocycles. The molecule has 3 aromatic heterocycles. The van der Waals surface area contributed by atoms with Gasteiger partial charge in [0.2, 0.25) is 0 Å². The van der Waals surface area contributed by atoms with E-state index < -0.39 is 0 Å². The molecule has 0 saturated carbocycles. The van der Waals surface area contributed by atoms with E-state index in [9.17, 15) is 0 Å². The Bertz CT molecular complexity index is 1180. The molecule has 0 amide bonds. The largest absolute Gasteiger partial charge is 0.352 e. The predicted octanol–water partition coefficient (Wildman–Crippen LogP) is 5.20. The summed E-state index contributed by atoms with van der Waals surface area (Å²) >= 11 is 9.32. The summed E-state index contributed by atoms with van der Waals surface area (Å²) in [5.74, 6) is 0. The van der Waals surface area contributed by atoms with E-state index in [0.717, 1.165) is 27.2 Å². The third-order valence-corrected chi connectivity index (χ3v) is 6.33. The minimum absolute atomic E-state index is 0.0388. The highest BCUT2D eigenvalue weighted by molar-refractivity contribution is 9.10. The summed E-state index contributed by atoms with van der Waals surface area (Å²) in [5.41, 5.74) is 4.17. The fraction of sp³-hybridized carbons (Fsp3) is 0.125. The molecule has 5 nitrogen and oxygen atoms in total. The van der Waals surface area contributed by atoms with Crippen LogP contribution >= 0.6 is 28.1 Å². The van der Waals surface area contributed by atoms with Crippen molar-refractivity contribution in [3.8, 4) is 5.69 Å². The summed E-state index contributed by atoms with van der Waals surface area (Å²) in [6.07, 6.45) is 5.73. The van der Waals surface area contributed by atoms with Crippen LogP contribution in [0.1, 0.15) is 29.2 Å². The van der Waals surface area contributed by atoms with Crippen molar-refractivity contribution in [2.24, 2.45) is 0 Å². The van der Waals surface area contributed by atoms with Gasteiger partial charge in [0.1, 0.15) is 0 Å². The second kappa shape index (κ2) is 8.61. The molecule has 5 rings (SSSR count). The van der Waals surface area contributed by atoms with Gasteiger partial charge < -0.3 is 14.8 Å². The molecule has 1 aliphatic heterocycles. The number of aromatic nitrogens is 3. The highest BCUT2D eigenvalue weighted by Gasteiger charge is 2.41. The molecule has 1 saturated heterocycles. The minimum atomic E-state index is -0.0680. The molecule has 1 N–H and O–H groups in total. The first-order valence-corrected chi connectivity index (χ1v) is 11.2. The Morgan fingerprint density at radius 1 is 0.903 bits per heavy atom. The van der Waals surface area contributed by atoms with Gasteiger partial charge in [0.15, 0.2) is 5.11 Å². The number of thiocarbonyl (C=S) groups is 1. The molecular weight excluding hydrogens is 470 g/mol. The van der Waals surface area contributed by atoms with E-state index in [-0.39, 0.29) is 12.1 Å². The Labute approximate surface area is 194 Å². The zero-order chi connectivity index (χ0) is 21.2. The quantitative estimate of drug-likeness (QED) is 0.390. The van der Waals surface area contributed by atoms with Crippen LogP contribution in [0, 0.1) is 0 Å². The zero-order valence-electron chi connectivity index (χ0n) is 16.6. The van der Waals surface area contributed by atoms with Crippen LogP contribution in [0.15, 0.2) is 95.9 Å². The van der Waals surface area contributed by atoms with Crippen molar-refractivity contribution >= 4 is 33.3 Å². The maximum Gasteiger partial charge on any atom is 0.170 e. The summed E-state index contributed by atoms with van der Waals surface area (Å²) in [5, 5.41) is 4.22. The van der Waals surface area contributed by atoms with Crippen LogP contribution in [0.5, 0.6) is 0 Å². The van der Waals surface area contributed by atoms with Crippen LogP contribution in [0.25, 0.3) is 5.69 Å². The Morgan fingerprint density at radius 3 is 2.39 bits per heavy atom. The predicted molar refractivity (Wildman–Crippen MR) is 129 cm³/mol. The highest BCUT2D eigenvalue weighted by Crippen LogP contribution is 2.40. The van der Waals surface area contributed by atoms with Gasteiger partial charge in [0.25, 0.3) is 0 Å². The van der Waals surface area contributed by atoms with Crippen molar-refractivity contribution < 1.29 is 0 Å². The number of nitrogens with zero attached hydrogens (tertiary/aromatic N) is 4. The maximum absolute atomic E-state index is 5.79. The number of hydrogen-bond donors (Lipinski definition) is 1. The van der Waals surface area contributed by atoms with E-state index in [1.807, 2.05) is 48.8 Å². The number of benzene rings is 1. The average molecular weight is 490 g/mol. The number of halogens is 1. The first-order valence-electron chi connectivity index (χ1n) is 10.0. The lowest BCUT2D eigenvalue weighted by molar-refractivity contribution is 0.299. The number of hydrogen-bond acceptors (Lipinski definition) is 3. The van der Waals surface area contributed by atoms with E-state index in [1.54, 1.807) is 0 Å². The first-order chi connectivity index (χ1) is 15.2. The molecule has 4 aromatic rings. The molecule has 0 radical (unpaired) electrons. The summed E-state index contributed by atoms with van der Waals surface area (Å²) in [7, 11) is 0. The molecule has 154 valence electrons. The molecule has 0 bridgehead atoms. The summed E-state index contributed by atoms with van der Waals surface area (Å²) in [6.45, 7) is 0.617. The van der Waals surface area contributed by atoms with Gasteiger partial charge >= 0.3 is 0 Å². The van der Waals surface area contributed by atoms with Crippen LogP contribution in [0.4, 0.5) is 0 Å². The number of rotatable bonds is 5. The minimum Gasteiger partial charge on any atom is -0.352 e. The lowest BCUT2D eigenvalue weighted by atomic mass is 10.0. The van der Waals surface area contributed by atoms with Crippen LogP contribution < -0.4 is 5.32 Å². The molecule has 31 heavy (non-hydrogen) atoms. The number of nitrogens with one attached hydrogen (secondary N) is 1. The van der Waals surface area contributed by atoms with E-state index in [4.69, 9.17) is 12.2 Å². The fourth-order valence-corrected chi connectivity index (χ4v) is 4.60. The monoisotopic (exact) mass is 489 g/mol. The SMILES string of the molecule is S=C1N[C@H](c2ccccn2)[C@@H](c2cccn2-c2ccc(Br)cc2)N1Cc1ccccn1. The Hall–Kier alpha value is -3.03. The molecule has 0 spiro atoms. The van der Waals surface area contributed by atoms with E-state index in [2.05, 4.69) is 83.3 Å². The van der Waals surface area contributed by atoms with Gasteiger partial charge in [-0.05, 0) is 72.9 Å². The first kappa shape index (κ1) is 19.9. The molecular formula is C24H20BrN5S. The van der Waals surface area contributed by atoms with E-state index in [1.165, 1.54) is 0 Å². The van der Waals surface area contributed by atoms with Crippen LogP contribution in [0.2, 0.25) is 0 Å². The molecule has 0 aliphatic carbocycles. The molecule has 7 heteroatoms. The van der Waals surface area contributed by atoms with Gasteiger partial charge in [-0.25, -0.2) is 0 Å². The molecule has 1 aliphatic rings. The van der Waals surface area contributed by atoms with E-state index in [0.29, 0.717) is 11.7 Å². The Morgan fingerprint density at radius 2 is 1.68 bits per heavy atom. The van der Waals surface area contributed by atoms with Crippen LogP contribution in [-0.2, 0) is 6.54 Å². The van der Waals surface area contributed by atoms with Gasteiger partial charge in [0.05, 0.1) is 30.0 Å². The van der Waals surface area contributed by atoms with Crippen molar-refractivity contribution in [2.75, 3.05) is 0 Å². The molecule has 0 unspecified atom stereocenters.